The van der Waals surface area contributed by atoms with Gasteiger partial charge in [0.2, 0.25) is 0 Å². The topological polar surface area (TPSA) is 75.0 Å². The van der Waals surface area contributed by atoms with Crippen molar-refractivity contribution in [1.82, 2.24) is 34.9 Å². The van der Waals surface area contributed by atoms with Crippen molar-refractivity contribution in [2.45, 2.75) is 51.0 Å². The molecule has 1 N–H and O–H groups in total. The number of likely N-dealkylation sites (tertiary alicyclic amines) is 1. The number of hydrogen-bond donors (Lipinski definition) is 1. The van der Waals surface area contributed by atoms with Gasteiger partial charge in [0.1, 0.15) is 0 Å². The summed E-state index contributed by atoms with van der Waals surface area (Å²) in [5.74, 6) is 2.18. The Hall–Kier alpha value is -2.28. The number of nitrogens with zero attached hydrogens (tertiary/aromatic N) is 6. The number of rotatable bonds is 4. The van der Waals surface area contributed by atoms with E-state index in [0.29, 0.717) is 5.92 Å². The summed E-state index contributed by atoms with van der Waals surface area (Å²) in [7, 11) is 0. The summed E-state index contributed by atoms with van der Waals surface area (Å²) >= 11 is 0. The summed E-state index contributed by atoms with van der Waals surface area (Å²) in [5.41, 5.74) is 4.59. The van der Waals surface area contributed by atoms with E-state index in [4.69, 9.17) is 0 Å². The fraction of sp³-hybridized carbons (Fsp3) is 0.556. The van der Waals surface area contributed by atoms with Crippen molar-refractivity contribution in [3.05, 3.63) is 41.1 Å². The molecule has 3 aromatic rings. The molecule has 2 aliphatic rings. The Kier molecular flexibility index (Phi) is 3.55. The summed E-state index contributed by atoms with van der Waals surface area (Å²) in [6, 6.07) is 3.98. The minimum absolute atomic E-state index is 0.438. The standard InChI is InChI=1S/C18H23N7/c1-12-2-5-16-20-22-18(25(16)23-12)14-6-8-24(9-7-14)11-15-10-19-21-17(15)13-3-4-13/h2,5,10,13-14H,3-4,6-9,11H2,1H3,(H,19,21). The first-order valence-corrected chi connectivity index (χ1v) is 9.21. The maximum absolute atomic E-state index is 4.59. The van der Waals surface area contributed by atoms with Crippen LogP contribution in [0.3, 0.4) is 0 Å². The number of aromatic amines is 1. The lowest BCUT2D eigenvalue weighted by Crippen LogP contribution is -2.33. The SMILES string of the molecule is Cc1ccc2nnc(C3CCN(Cc4cn[nH]c4C4CC4)CC3)n2n1. The zero-order chi connectivity index (χ0) is 16.8. The van der Waals surface area contributed by atoms with Crippen LogP contribution in [0.4, 0.5) is 0 Å². The van der Waals surface area contributed by atoms with Gasteiger partial charge in [0.25, 0.3) is 0 Å². The monoisotopic (exact) mass is 337 g/mol. The van der Waals surface area contributed by atoms with Gasteiger partial charge >= 0.3 is 0 Å². The van der Waals surface area contributed by atoms with Crippen molar-refractivity contribution in [3.63, 3.8) is 0 Å². The molecule has 5 rings (SSSR count). The molecule has 0 amide bonds. The third kappa shape index (κ3) is 2.82. The molecule has 130 valence electrons. The van der Waals surface area contributed by atoms with E-state index in [1.807, 2.05) is 29.8 Å². The second kappa shape index (κ2) is 5.91. The molecule has 4 heterocycles. The summed E-state index contributed by atoms with van der Waals surface area (Å²) in [6.45, 7) is 5.18. The van der Waals surface area contributed by atoms with Crippen LogP contribution in [0.5, 0.6) is 0 Å². The number of nitrogens with one attached hydrogen (secondary N) is 1. The highest BCUT2D eigenvalue weighted by Gasteiger charge is 2.30. The molecule has 0 spiro atoms. The van der Waals surface area contributed by atoms with Crippen LogP contribution in [0, 0.1) is 6.92 Å². The number of aryl methyl sites for hydroxylation is 1. The van der Waals surface area contributed by atoms with E-state index in [0.717, 1.165) is 55.6 Å². The van der Waals surface area contributed by atoms with E-state index in [1.54, 1.807) is 0 Å². The molecule has 0 aromatic carbocycles. The normalized spacial score (nSPS) is 19.7. The first-order valence-electron chi connectivity index (χ1n) is 9.21. The molecule has 1 aliphatic carbocycles. The van der Waals surface area contributed by atoms with Crippen LogP contribution in [0.1, 0.15) is 60.3 Å². The molecular weight excluding hydrogens is 314 g/mol. The van der Waals surface area contributed by atoms with Crippen LogP contribution in [-0.4, -0.2) is 48.0 Å². The highest BCUT2D eigenvalue weighted by atomic mass is 15.4. The molecule has 0 radical (unpaired) electrons. The molecule has 0 unspecified atom stereocenters. The number of hydrogen-bond acceptors (Lipinski definition) is 5. The number of fused-ring (bicyclic) bond motifs is 1. The fourth-order valence-corrected chi connectivity index (χ4v) is 3.91. The van der Waals surface area contributed by atoms with Crippen LogP contribution in [0.25, 0.3) is 5.65 Å². The Morgan fingerprint density at radius 1 is 1.08 bits per heavy atom. The van der Waals surface area contributed by atoms with Gasteiger partial charge in [0.05, 0.1) is 11.9 Å². The third-order valence-electron chi connectivity index (χ3n) is 5.50. The van der Waals surface area contributed by atoms with Gasteiger partial charge in [-0.05, 0) is 57.8 Å². The van der Waals surface area contributed by atoms with Gasteiger partial charge in [0, 0.05) is 29.6 Å². The molecule has 1 saturated heterocycles. The Bertz CT molecular complexity index is 884. The van der Waals surface area contributed by atoms with Crippen molar-refractivity contribution >= 4 is 5.65 Å². The van der Waals surface area contributed by atoms with E-state index in [1.165, 1.54) is 24.1 Å². The lowest BCUT2D eigenvalue weighted by molar-refractivity contribution is 0.200. The Labute approximate surface area is 146 Å². The van der Waals surface area contributed by atoms with Crippen molar-refractivity contribution in [1.29, 1.82) is 0 Å². The summed E-state index contributed by atoms with van der Waals surface area (Å²) < 4.78 is 1.93. The quantitative estimate of drug-likeness (QED) is 0.791. The zero-order valence-corrected chi connectivity index (χ0v) is 14.5. The van der Waals surface area contributed by atoms with Gasteiger partial charge in [-0.25, -0.2) is 0 Å². The zero-order valence-electron chi connectivity index (χ0n) is 14.5. The molecule has 1 saturated carbocycles. The van der Waals surface area contributed by atoms with Crippen molar-refractivity contribution in [3.8, 4) is 0 Å². The molecule has 7 heteroatoms. The largest absolute Gasteiger partial charge is 0.299 e. The van der Waals surface area contributed by atoms with Crippen LogP contribution in [-0.2, 0) is 6.54 Å². The van der Waals surface area contributed by atoms with E-state index in [2.05, 4.69) is 30.4 Å². The highest BCUT2D eigenvalue weighted by molar-refractivity contribution is 5.36. The average Bonchev–Trinajstić information content (AvgIpc) is 3.22. The van der Waals surface area contributed by atoms with Crippen LogP contribution < -0.4 is 0 Å². The van der Waals surface area contributed by atoms with Crippen LogP contribution >= 0.6 is 0 Å². The molecular formula is C18H23N7. The predicted octanol–water partition coefficient (Wildman–Crippen LogP) is 2.41. The summed E-state index contributed by atoms with van der Waals surface area (Å²) in [4.78, 5) is 2.54. The Balaban J connectivity index is 1.27. The predicted molar refractivity (Wildman–Crippen MR) is 93.3 cm³/mol. The van der Waals surface area contributed by atoms with Gasteiger partial charge in [-0.2, -0.15) is 14.7 Å². The Morgan fingerprint density at radius 3 is 2.72 bits per heavy atom. The van der Waals surface area contributed by atoms with Gasteiger partial charge in [-0.3, -0.25) is 10.00 Å². The number of piperidine rings is 1. The molecule has 2 fully saturated rings. The van der Waals surface area contributed by atoms with Gasteiger partial charge < -0.3 is 0 Å². The first-order chi connectivity index (χ1) is 12.3. The van der Waals surface area contributed by atoms with E-state index in [9.17, 15) is 0 Å². The van der Waals surface area contributed by atoms with Crippen LogP contribution in [0.15, 0.2) is 18.3 Å². The smallest absolute Gasteiger partial charge is 0.177 e. The van der Waals surface area contributed by atoms with Crippen LogP contribution in [0.2, 0.25) is 0 Å². The average molecular weight is 337 g/mol. The van der Waals surface area contributed by atoms with E-state index in [-0.39, 0.29) is 0 Å². The van der Waals surface area contributed by atoms with Gasteiger partial charge in [-0.1, -0.05) is 0 Å². The second-order valence-electron chi connectivity index (χ2n) is 7.44. The molecule has 25 heavy (non-hydrogen) atoms. The first kappa shape index (κ1) is 15.0. The minimum atomic E-state index is 0.438. The molecule has 0 atom stereocenters. The minimum Gasteiger partial charge on any atom is -0.299 e. The van der Waals surface area contributed by atoms with E-state index < -0.39 is 0 Å². The number of aromatic nitrogens is 6. The Morgan fingerprint density at radius 2 is 1.92 bits per heavy atom. The third-order valence-corrected chi connectivity index (χ3v) is 5.50. The second-order valence-corrected chi connectivity index (χ2v) is 7.44. The van der Waals surface area contributed by atoms with Crippen molar-refractivity contribution in [2.75, 3.05) is 13.1 Å². The molecule has 0 bridgehead atoms. The maximum Gasteiger partial charge on any atom is 0.177 e. The lowest BCUT2D eigenvalue weighted by Gasteiger charge is -2.30. The highest BCUT2D eigenvalue weighted by Crippen LogP contribution is 2.40. The lowest BCUT2D eigenvalue weighted by atomic mass is 9.95. The van der Waals surface area contributed by atoms with E-state index >= 15 is 0 Å². The van der Waals surface area contributed by atoms with Crippen molar-refractivity contribution in [2.24, 2.45) is 0 Å². The van der Waals surface area contributed by atoms with Gasteiger partial charge in [0.15, 0.2) is 11.5 Å². The summed E-state index contributed by atoms with van der Waals surface area (Å²) in [6.07, 6.45) is 6.84. The summed E-state index contributed by atoms with van der Waals surface area (Å²) in [5, 5.41) is 20.8. The maximum atomic E-state index is 4.59. The van der Waals surface area contributed by atoms with Crippen molar-refractivity contribution < 1.29 is 0 Å². The van der Waals surface area contributed by atoms with Gasteiger partial charge in [-0.15, -0.1) is 10.2 Å². The fourth-order valence-electron chi connectivity index (χ4n) is 3.91. The number of H-pyrrole nitrogens is 1. The molecule has 1 aliphatic heterocycles. The molecule has 7 nitrogen and oxygen atoms in total. The molecule has 3 aromatic heterocycles.